The molecule has 17 heavy (non-hydrogen) atoms. The summed E-state index contributed by atoms with van der Waals surface area (Å²) in [6, 6.07) is 4.08. The maximum atomic E-state index is 5.73. The summed E-state index contributed by atoms with van der Waals surface area (Å²) in [5, 5.41) is 3.49. The Bertz CT molecular complexity index is 337. The molecule has 1 heterocycles. The molecule has 0 bridgehead atoms. The summed E-state index contributed by atoms with van der Waals surface area (Å²) in [5.74, 6) is 0.753. The quantitative estimate of drug-likeness (QED) is 0.753. The topological polar surface area (TPSA) is 24.9 Å². The van der Waals surface area contributed by atoms with Crippen LogP contribution in [0.2, 0.25) is 0 Å². The van der Waals surface area contributed by atoms with Gasteiger partial charge in [0.1, 0.15) is 0 Å². The number of nitrogens with one attached hydrogen (secondary N) is 1. The first-order valence-electron chi connectivity index (χ1n) is 6.22. The highest BCUT2D eigenvalue weighted by Crippen LogP contribution is 2.21. The fourth-order valence-corrected chi connectivity index (χ4v) is 1.99. The third-order valence-electron chi connectivity index (χ3n) is 3.00. The molecule has 0 unspecified atom stereocenters. The highest BCUT2D eigenvalue weighted by atomic mass is 35.5. The minimum atomic E-state index is 0.303. The van der Waals surface area contributed by atoms with Crippen molar-refractivity contribution in [2.75, 3.05) is 12.4 Å². The van der Waals surface area contributed by atoms with E-state index in [-0.39, 0.29) is 0 Å². The third-order valence-corrected chi connectivity index (χ3v) is 3.27. The summed E-state index contributed by atoms with van der Waals surface area (Å²) in [4.78, 5) is 4.38. The van der Waals surface area contributed by atoms with E-state index >= 15 is 0 Å². The number of aromatic nitrogens is 1. The van der Waals surface area contributed by atoms with Gasteiger partial charge in [-0.25, -0.2) is 0 Å². The highest BCUT2D eigenvalue weighted by Gasteiger charge is 2.16. The van der Waals surface area contributed by atoms with Crippen LogP contribution in [0.25, 0.3) is 0 Å². The third kappa shape index (κ3) is 5.51. The van der Waals surface area contributed by atoms with Gasteiger partial charge in [0.15, 0.2) is 0 Å². The standard InChI is InChI=1S/C14H23ClN2/c1-12-6-4-9-17-13(12)10-16-11-14(2,3)7-5-8-15/h4,6,9,16H,5,7-8,10-11H2,1-3H3. The van der Waals surface area contributed by atoms with Crippen LogP contribution in [0.1, 0.15) is 37.9 Å². The van der Waals surface area contributed by atoms with Gasteiger partial charge in [-0.15, -0.1) is 11.6 Å². The molecule has 0 aliphatic carbocycles. The number of rotatable bonds is 7. The van der Waals surface area contributed by atoms with Crippen molar-refractivity contribution >= 4 is 11.6 Å². The van der Waals surface area contributed by atoms with Gasteiger partial charge < -0.3 is 5.32 Å². The van der Waals surface area contributed by atoms with Crippen molar-refractivity contribution in [3.05, 3.63) is 29.6 Å². The Hall–Kier alpha value is -0.600. The summed E-state index contributed by atoms with van der Waals surface area (Å²) in [6.07, 6.45) is 4.09. The molecular formula is C14H23ClN2. The average molecular weight is 255 g/mol. The van der Waals surface area contributed by atoms with E-state index in [2.05, 4.69) is 37.1 Å². The SMILES string of the molecule is Cc1cccnc1CNCC(C)(C)CCCCl. The Labute approximate surface area is 110 Å². The van der Waals surface area contributed by atoms with Gasteiger partial charge in [-0.3, -0.25) is 4.98 Å². The lowest BCUT2D eigenvalue weighted by atomic mass is 9.88. The summed E-state index contributed by atoms with van der Waals surface area (Å²) in [7, 11) is 0. The molecule has 0 aliphatic heterocycles. The molecule has 96 valence electrons. The minimum absolute atomic E-state index is 0.303. The summed E-state index contributed by atoms with van der Waals surface area (Å²) in [5.41, 5.74) is 2.69. The Kier molecular flexibility index (Phi) is 5.93. The van der Waals surface area contributed by atoms with Crippen LogP contribution in [0.4, 0.5) is 0 Å². The van der Waals surface area contributed by atoms with Gasteiger partial charge in [0.25, 0.3) is 0 Å². The lowest BCUT2D eigenvalue weighted by molar-refractivity contribution is 0.310. The van der Waals surface area contributed by atoms with E-state index in [0.717, 1.165) is 37.5 Å². The molecule has 0 saturated heterocycles. The predicted molar refractivity (Wildman–Crippen MR) is 74.4 cm³/mol. The molecule has 0 fully saturated rings. The van der Waals surface area contributed by atoms with E-state index in [1.165, 1.54) is 5.56 Å². The molecule has 1 aromatic rings. The fourth-order valence-electron chi connectivity index (χ4n) is 1.86. The van der Waals surface area contributed by atoms with Crippen molar-refractivity contribution < 1.29 is 0 Å². The predicted octanol–water partition coefficient (Wildman–Crippen LogP) is 3.52. The van der Waals surface area contributed by atoms with Crippen molar-refractivity contribution in [1.82, 2.24) is 10.3 Å². The Morgan fingerprint density at radius 3 is 2.82 bits per heavy atom. The monoisotopic (exact) mass is 254 g/mol. The molecule has 2 nitrogen and oxygen atoms in total. The summed E-state index contributed by atoms with van der Waals surface area (Å²) >= 11 is 5.73. The summed E-state index contributed by atoms with van der Waals surface area (Å²) < 4.78 is 0. The van der Waals surface area contributed by atoms with E-state index in [4.69, 9.17) is 11.6 Å². The summed E-state index contributed by atoms with van der Waals surface area (Å²) in [6.45, 7) is 8.50. The molecule has 0 amide bonds. The van der Waals surface area contributed by atoms with Crippen molar-refractivity contribution in [3.8, 4) is 0 Å². The van der Waals surface area contributed by atoms with Crippen LogP contribution >= 0.6 is 11.6 Å². The van der Waals surface area contributed by atoms with Crippen molar-refractivity contribution in [2.45, 2.75) is 40.2 Å². The van der Waals surface area contributed by atoms with Gasteiger partial charge in [0, 0.05) is 25.2 Å². The molecule has 3 heteroatoms. The van der Waals surface area contributed by atoms with Crippen LogP contribution in [0, 0.1) is 12.3 Å². The Morgan fingerprint density at radius 1 is 1.41 bits per heavy atom. The van der Waals surface area contributed by atoms with Gasteiger partial charge in [0.2, 0.25) is 0 Å². The first-order chi connectivity index (χ1) is 8.05. The van der Waals surface area contributed by atoms with E-state index in [1.54, 1.807) is 0 Å². The number of halogens is 1. The van der Waals surface area contributed by atoms with Crippen molar-refractivity contribution in [3.63, 3.8) is 0 Å². The van der Waals surface area contributed by atoms with Crippen LogP contribution in [0.3, 0.4) is 0 Å². The zero-order valence-electron chi connectivity index (χ0n) is 11.1. The molecule has 0 spiro atoms. The molecule has 0 aliphatic rings. The zero-order chi connectivity index (χ0) is 12.7. The van der Waals surface area contributed by atoms with Gasteiger partial charge in [-0.1, -0.05) is 19.9 Å². The maximum absolute atomic E-state index is 5.73. The number of hydrogen-bond donors (Lipinski definition) is 1. The molecular weight excluding hydrogens is 232 g/mol. The van der Waals surface area contributed by atoms with Crippen molar-refractivity contribution in [1.29, 1.82) is 0 Å². The number of nitrogens with zero attached hydrogens (tertiary/aromatic N) is 1. The first kappa shape index (κ1) is 14.5. The Balaban J connectivity index is 2.35. The first-order valence-corrected chi connectivity index (χ1v) is 6.76. The fraction of sp³-hybridized carbons (Fsp3) is 0.643. The number of hydrogen-bond acceptors (Lipinski definition) is 2. The van der Waals surface area contributed by atoms with Crippen LogP contribution in [-0.4, -0.2) is 17.4 Å². The smallest absolute Gasteiger partial charge is 0.0570 e. The molecule has 1 N–H and O–H groups in total. The van der Waals surface area contributed by atoms with Gasteiger partial charge in [0.05, 0.1) is 5.69 Å². The second-order valence-electron chi connectivity index (χ2n) is 5.33. The van der Waals surface area contributed by atoms with E-state index < -0.39 is 0 Å². The van der Waals surface area contributed by atoms with Crippen LogP contribution in [-0.2, 0) is 6.54 Å². The normalized spacial score (nSPS) is 11.8. The second-order valence-corrected chi connectivity index (χ2v) is 5.71. The van der Waals surface area contributed by atoms with Gasteiger partial charge >= 0.3 is 0 Å². The number of alkyl halides is 1. The van der Waals surface area contributed by atoms with Crippen molar-refractivity contribution in [2.24, 2.45) is 5.41 Å². The van der Waals surface area contributed by atoms with Crippen LogP contribution in [0.15, 0.2) is 18.3 Å². The second kappa shape index (κ2) is 6.97. The highest BCUT2D eigenvalue weighted by molar-refractivity contribution is 6.17. The lowest BCUT2D eigenvalue weighted by Gasteiger charge is -2.24. The zero-order valence-corrected chi connectivity index (χ0v) is 11.8. The Morgan fingerprint density at radius 2 is 2.18 bits per heavy atom. The minimum Gasteiger partial charge on any atom is -0.311 e. The van der Waals surface area contributed by atoms with E-state index in [1.807, 2.05) is 12.3 Å². The molecule has 0 saturated carbocycles. The number of aryl methyl sites for hydroxylation is 1. The van der Waals surface area contributed by atoms with E-state index in [9.17, 15) is 0 Å². The molecule has 0 aromatic carbocycles. The van der Waals surface area contributed by atoms with E-state index in [0.29, 0.717) is 5.41 Å². The molecule has 0 atom stereocenters. The molecule has 1 aromatic heterocycles. The molecule has 0 radical (unpaired) electrons. The van der Waals surface area contributed by atoms with Crippen LogP contribution < -0.4 is 5.32 Å². The average Bonchev–Trinajstić information content (AvgIpc) is 2.29. The maximum Gasteiger partial charge on any atom is 0.0570 e. The van der Waals surface area contributed by atoms with Crippen LogP contribution in [0.5, 0.6) is 0 Å². The lowest BCUT2D eigenvalue weighted by Crippen LogP contribution is -2.29. The molecule has 1 rings (SSSR count). The van der Waals surface area contributed by atoms with Gasteiger partial charge in [-0.2, -0.15) is 0 Å². The van der Waals surface area contributed by atoms with Gasteiger partial charge in [-0.05, 0) is 36.8 Å². The number of pyridine rings is 1. The largest absolute Gasteiger partial charge is 0.311 e.